The lowest BCUT2D eigenvalue weighted by molar-refractivity contribution is 0.0185. The largest absolute Gasteiger partial charge is 0.389 e. The van der Waals surface area contributed by atoms with Crippen LogP contribution < -0.4 is 0 Å². The topological polar surface area (TPSA) is 29.5 Å². The van der Waals surface area contributed by atoms with E-state index in [2.05, 4.69) is 13.8 Å². The monoisotopic (exact) mass is 204 g/mol. The van der Waals surface area contributed by atoms with Crippen molar-refractivity contribution in [1.29, 1.82) is 0 Å². The molecule has 1 aliphatic heterocycles. The first kappa shape index (κ1) is 11.3. The van der Waals surface area contributed by atoms with Crippen LogP contribution in [-0.2, 0) is 4.74 Å². The Kier molecular flexibility index (Phi) is 4.56. The lowest BCUT2D eigenvalue weighted by Crippen LogP contribution is -2.37. The number of thioether (sulfide) groups is 1. The lowest BCUT2D eigenvalue weighted by Gasteiger charge is -2.28. The third kappa shape index (κ3) is 3.15. The van der Waals surface area contributed by atoms with E-state index in [1.54, 1.807) is 0 Å². The number of aliphatic hydroxyl groups excluding tert-OH is 1. The van der Waals surface area contributed by atoms with Crippen LogP contribution in [0.25, 0.3) is 0 Å². The molecule has 13 heavy (non-hydrogen) atoms. The number of hydrogen-bond donors (Lipinski definition) is 1. The minimum Gasteiger partial charge on any atom is -0.389 e. The molecule has 1 saturated heterocycles. The highest BCUT2D eigenvalue weighted by atomic mass is 32.2. The van der Waals surface area contributed by atoms with Crippen LogP contribution in [-0.4, -0.2) is 34.9 Å². The maximum absolute atomic E-state index is 9.89. The van der Waals surface area contributed by atoms with Crippen LogP contribution >= 0.6 is 11.8 Å². The molecule has 3 heteroatoms. The fraction of sp³-hybridized carbons (Fsp3) is 1.00. The summed E-state index contributed by atoms with van der Waals surface area (Å²) in [6.07, 6.45) is 3.07. The lowest BCUT2D eigenvalue weighted by atomic mass is 9.99. The van der Waals surface area contributed by atoms with Gasteiger partial charge in [-0.05, 0) is 31.9 Å². The minimum absolute atomic E-state index is 0.0493. The van der Waals surface area contributed by atoms with E-state index in [1.165, 1.54) is 12.2 Å². The molecule has 0 saturated carbocycles. The predicted molar refractivity (Wildman–Crippen MR) is 57.2 cm³/mol. The van der Waals surface area contributed by atoms with E-state index in [0.717, 1.165) is 19.4 Å². The number of hydrogen-bond acceptors (Lipinski definition) is 3. The van der Waals surface area contributed by atoms with Crippen LogP contribution in [0, 0.1) is 0 Å². The van der Waals surface area contributed by atoms with Gasteiger partial charge in [0.1, 0.15) is 0 Å². The molecule has 1 N–H and O–H groups in total. The van der Waals surface area contributed by atoms with E-state index >= 15 is 0 Å². The summed E-state index contributed by atoms with van der Waals surface area (Å²) in [7, 11) is 0. The fourth-order valence-electron chi connectivity index (χ4n) is 1.58. The van der Waals surface area contributed by atoms with Gasteiger partial charge in [-0.3, -0.25) is 0 Å². The van der Waals surface area contributed by atoms with Gasteiger partial charge in [0.2, 0.25) is 0 Å². The molecule has 0 spiro atoms. The first-order chi connectivity index (χ1) is 6.19. The molecule has 0 amide bonds. The Hall–Kier alpha value is 0.270. The molecular weight excluding hydrogens is 184 g/mol. The van der Waals surface area contributed by atoms with Crippen molar-refractivity contribution in [2.24, 2.45) is 0 Å². The maximum Gasteiger partial charge on any atom is 0.0917 e. The zero-order valence-electron chi connectivity index (χ0n) is 8.58. The average molecular weight is 204 g/mol. The van der Waals surface area contributed by atoms with Crippen LogP contribution in [0.15, 0.2) is 0 Å². The fourth-order valence-corrected chi connectivity index (χ4v) is 2.88. The predicted octanol–water partition coefficient (Wildman–Crippen LogP) is 2.06. The molecule has 1 aliphatic rings. The van der Waals surface area contributed by atoms with Crippen molar-refractivity contribution in [3.8, 4) is 0 Å². The second kappa shape index (κ2) is 5.23. The quantitative estimate of drug-likeness (QED) is 0.695. The van der Waals surface area contributed by atoms with Crippen molar-refractivity contribution in [2.75, 3.05) is 19.0 Å². The van der Waals surface area contributed by atoms with Gasteiger partial charge >= 0.3 is 0 Å². The molecule has 1 rings (SSSR count). The summed E-state index contributed by atoms with van der Waals surface area (Å²) < 4.78 is 5.41. The second-order valence-electron chi connectivity index (χ2n) is 3.86. The first-order valence-electron chi connectivity index (χ1n) is 5.09. The summed E-state index contributed by atoms with van der Waals surface area (Å²) in [5, 5.41) is 9.89. The Labute approximate surface area is 85.0 Å². The van der Waals surface area contributed by atoms with E-state index in [4.69, 9.17) is 4.74 Å². The van der Waals surface area contributed by atoms with E-state index in [0.29, 0.717) is 6.61 Å². The molecule has 1 fully saturated rings. The molecule has 0 aromatic heterocycles. The van der Waals surface area contributed by atoms with Crippen LogP contribution in [0.2, 0.25) is 0 Å². The smallest absolute Gasteiger partial charge is 0.0917 e. The Bertz CT molecular complexity index is 144. The number of aliphatic hydroxyl groups is 1. The van der Waals surface area contributed by atoms with Crippen molar-refractivity contribution in [3.05, 3.63) is 0 Å². The van der Waals surface area contributed by atoms with Crippen LogP contribution in [0.5, 0.6) is 0 Å². The van der Waals surface area contributed by atoms with E-state index in [1.807, 2.05) is 11.8 Å². The molecule has 2 unspecified atom stereocenters. The van der Waals surface area contributed by atoms with Crippen LogP contribution in [0.4, 0.5) is 0 Å². The van der Waals surface area contributed by atoms with Gasteiger partial charge in [-0.25, -0.2) is 0 Å². The van der Waals surface area contributed by atoms with Crippen molar-refractivity contribution in [1.82, 2.24) is 0 Å². The molecule has 0 bridgehead atoms. The van der Waals surface area contributed by atoms with Crippen LogP contribution in [0.3, 0.4) is 0 Å². The molecule has 2 nitrogen and oxygen atoms in total. The highest BCUT2D eigenvalue weighted by molar-refractivity contribution is 8.00. The first-order valence-corrected chi connectivity index (χ1v) is 6.07. The highest BCUT2D eigenvalue weighted by Gasteiger charge is 2.36. The molecule has 0 radical (unpaired) electrons. The van der Waals surface area contributed by atoms with Crippen molar-refractivity contribution in [3.63, 3.8) is 0 Å². The summed E-state index contributed by atoms with van der Waals surface area (Å²) in [5.41, 5.74) is 0. The summed E-state index contributed by atoms with van der Waals surface area (Å²) in [6.45, 7) is 5.48. The van der Waals surface area contributed by atoms with E-state index < -0.39 is 0 Å². The minimum atomic E-state index is -0.299. The van der Waals surface area contributed by atoms with Crippen LogP contribution in [0.1, 0.15) is 33.1 Å². The maximum atomic E-state index is 9.89. The van der Waals surface area contributed by atoms with Gasteiger partial charge in [0.05, 0.1) is 12.7 Å². The standard InChI is InChI=1S/C10H20O2S/c1-3-6-12-8-9(11)10(2)5-4-7-13-10/h9,11H,3-8H2,1-2H3. The third-order valence-corrected chi connectivity index (χ3v) is 4.21. The third-order valence-electron chi connectivity index (χ3n) is 2.58. The zero-order valence-corrected chi connectivity index (χ0v) is 9.40. The van der Waals surface area contributed by atoms with Gasteiger partial charge < -0.3 is 9.84 Å². The average Bonchev–Trinajstić information content (AvgIpc) is 2.54. The van der Waals surface area contributed by atoms with Gasteiger partial charge in [-0.15, -0.1) is 0 Å². The molecule has 1 heterocycles. The SMILES string of the molecule is CCCOCC(O)C1(C)CCCS1. The Morgan fingerprint density at radius 1 is 1.62 bits per heavy atom. The second-order valence-corrected chi connectivity index (χ2v) is 5.48. The summed E-state index contributed by atoms with van der Waals surface area (Å²) in [6, 6.07) is 0. The number of ether oxygens (including phenoxy) is 1. The van der Waals surface area contributed by atoms with E-state index in [9.17, 15) is 5.11 Å². The van der Waals surface area contributed by atoms with Gasteiger partial charge in [-0.1, -0.05) is 6.92 Å². The van der Waals surface area contributed by atoms with Crippen molar-refractivity contribution in [2.45, 2.75) is 44.0 Å². The van der Waals surface area contributed by atoms with Gasteiger partial charge in [0, 0.05) is 11.4 Å². The van der Waals surface area contributed by atoms with E-state index in [-0.39, 0.29) is 10.9 Å². The summed E-state index contributed by atoms with van der Waals surface area (Å²) >= 11 is 1.88. The van der Waals surface area contributed by atoms with Crippen molar-refractivity contribution < 1.29 is 9.84 Å². The Balaban J connectivity index is 2.24. The zero-order chi connectivity index (χ0) is 9.73. The molecular formula is C10H20O2S. The molecule has 78 valence electrons. The summed E-state index contributed by atoms with van der Waals surface area (Å²) in [5.74, 6) is 1.18. The summed E-state index contributed by atoms with van der Waals surface area (Å²) in [4.78, 5) is 0. The molecule has 0 aromatic rings. The number of rotatable bonds is 5. The molecule has 0 aromatic carbocycles. The Morgan fingerprint density at radius 2 is 2.38 bits per heavy atom. The van der Waals surface area contributed by atoms with Gasteiger partial charge in [0.15, 0.2) is 0 Å². The van der Waals surface area contributed by atoms with Gasteiger partial charge in [0.25, 0.3) is 0 Å². The highest BCUT2D eigenvalue weighted by Crippen LogP contribution is 2.40. The molecule has 2 atom stereocenters. The Morgan fingerprint density at radius 3 is 2.92 bits per heavy atom. The van der Waals surface area contributed by atoms with Crippen molar-refractivity contribution >= 4 is 11.8 Å². The molecule has 0 aliphatic carbocycles. The van der Waals surface area contributed by atoms with Gasteiger partial charge in [-0.2, -0.15) is 11.8 Å². The normalized spacial score (nSPS) is 30.7.